The molecule has 0 spiro atoms. The van der Waals surface area contributed by atoms with Crippen molar-refractivity contribution in [1.82, 2.24) is 24.6 Å². The number of hydrogen-bond acceptors (Lipinski definition) is 5. The molecular formula is C14H11N5O. The van der Waals surface area contributed by atoms with E-state index in [1.165, 1.54) is 0 Å². The van der Waals surface area contributed by atoms with Crippen LogP contribution >= 0.6 is 0 Å². The Morgan fingerprint density at radius 1 is 1.00 bits per heavy atom. The van der Waals surface area contributed by atoms with Crippen molar-refractivity contribution >= 4 is 17.0 Å². The molecule has 4 rings (SSSR count). The molecule has 6 heteroatoms. The Morgan fingerprint density at radius 2 is 1.80 bits per heavy atom. The van der Waals surface area contributed by atoms with Crippen LogP contribution in [0.4, 0.5) is 0 Å². The first-order valence-electron chi connectivity index (χ1n) is 6.28. The normalized spacial score (nSPS) is 11.5. The third-order valence-corrected chi connectivity index (χ3v) is 3.32. The minimum Gasteiger partial charge on any atom is -0.417 e. The van der Waals surface area contributed by atoms with Gasteiger partial charge in [-0.3, -0.25) is 4.40 Å². The summed E-state index contributed by atoms with van der Waals surface area (Å²) in [5.74, 6) is 1.88. The molecule has 0 radical (unpaired) electrons. The number of benzene rings is 1. The molecule has 0 aliphatic heterocycles. The summed E-state index contributed by atoms with van der Waals surface area (Å²) in [5.41, 5.74) is 3.08. The fourth-order valence-corrected chi connectivity index (χ4v) is 2.34. The summed E-state index contributed by atoms with van der Waals surface area (Å²) in [6.45, 7) is 3.85. The number of aromatic nitrogens is 5. The predicted molar refractivity (Wildman–Crippen MR) is 73.3 cm³/mol. The highest BCUT2D eigenvalue weighted by Crippen LogP contribution is 2.25. The summed E-state index contributed by atoms with van der Waals surface area (Å²) in [5, 5.41) is 8.05. The van der Waals surface area contributed by atoms with Gasteiger partial charge in [0.2, 0.25) is 5.89 Å². The maximum atomic E-state index is 5.75. The third kappa shape index (κ3) is 1.45. The van der Waals surface area contributed by atoms with Crippen molar-refractivity contribution in [3.05, 3.63) is 41.9 Å². The van der Waals surface area contributed by atoms with E-state index in [1.807, 2.05) is 48.6 Å². The van der Waals surface area contributed by atoms with Crippen LogP contribution < -0.4 is 0 Å². The van der Waals surface area contributed by atoms with Crippen LogP contribution in [0.25, 0.3) is 28.5 Å². The molecule has 0 N–H and O–H groups in total. The van der Waals surface area contributed by atoms with Gasteiger partial charge in [0.15, 0.2) is 0 Å². The van der Waals surface area contributed by atoms with Crippen LogP contribution in [0, 0.1) is 13.8 Å². The second-order valence-electron chi connectivity index (χ2n) is 4.62. The van der Waals surface area contributed by atoms with Gasteiger partial charge in [-0.05, 0) is 26.0 Å². The Balaban J connectivity index is 2.05. The van der Waals surface area contributed by atoms with Gasteiger partial charge in [-0.25, -0.2) is 4.98 Å². The molecule has 4 aromatic rings. The smallest absolute Gasteiger partial charge is 0.258 e. The fourth-order valence-electron chi connectivity index (χ4n) is 2.34. The Bertz CT molecular complexity index is 923. The zero-order valence-electron chi connectivity index (χ0n) is 11.0. The summed E-state index contributed by atoms with van der Waals surface area (Å²) in [6.07, 6.45) is 0. The Hall–Kier alpha value is -2.76. The summed E-state index contributed by atoms with van der Waals surface area (Å²) in [7, 11) is 0. The van der Waals surface area contributed by atoms with Gasteiger partial charge in [-0.1, -0.05) is 18.2 Å². The van der Waals surface area contributed by atoms with E-state index in [9.17, 15) is 0 Å². The first-order chi connectivity index (χ1) is 9.74. The molecule has 1 aromatic carbocycles. The predicted octanol–water partition coefficient (Wildman–Crippen LogP) is 2.55. The molecule has 3 aromatic heterocycles. The molecule has 0 fully saturated rings. The molecule has 3 heterocycles. The molecule has 0 atom stereocenters. The molecule has 6 nitrogen and oxygen atoms in total. The van der Waals surface area contributed by atoms with Crippen molar-refractivity contribution in [3.63, 3.8) is 0 Å². The van der Waals surface area contributed by atoms with Gasteiger partial charge >= 0.3 is 0 Å². The number of oxazole rings is 1. The average Bonchev–Trinajstić information content (AvgIpc) is 3.05. The van der Waals surface area contributed by atoms with E-state index in [4.69, 9.17) is 4.42 Å². The van der Waals surface area contributed by atoms with Crippen molar-refractivity contribution in [2.45, 2.75) is 13.8 Å². The second-order valence-corrected chi connectivity index (χ2v) is 4.62. The van der Waals surface area contributed by atoms with Crippen LogP contribution in [0.1, 0.15) is 11.5 Å². The van der Waals surface area contributed by atoms with Crippen molar-refractivity contribution in [2.75, 3.05) is 0 Å². The van der Waals surface area contributed by atoms with Crippen LogP contribution in [0.3, 0.4) is 0 Å². The highest BCUT2D eigenvalue weighted by molar-refractivity contribution is 5.76. The van der Waals surface area contributed by atoms with E-state index in [-0.39, 0.29) is 0 Å². The van der Waals surface area contributed by atoms with Crippen molar-refractivity contribution in [2.24, 2.45) is 0 Å². The highest BCUT2D eigenvalue weighted by atomic mass is 16.4. The van der Waals surface area contributed by atoms with Crippen LogP contribution in [-0.4, -0.2) is 24.6 Å². The van der Waals surface area contributed by atoms with E-state index >= 15 is 0 Å². The Labute approximate surface area is 114 Å². The van der Waals surface area contributed by atoms with Gasteiger partial charge < -0.3 is 4.42 Å². The van der Waals surface area contributed by atoms with E-state index in [2.05, 4.69) is 20.2 Å². The molecule has 0 aliphatic rings. The first kappa shape index (κ1) is 11.1. The van der Waals surface area contributed by atoms with Crippen LogP contribution in [0.5, 0.6) is 0 Å². The number of nitrogens with zero attached hydrogens (tertiary/aromatic N) is 5. The number of rotatable bonds is 1. The molecule has 0 saturated carbocycles. The third-order valence-electron chi connectivity index (χ3n) is 3.32. The largest absolute Gasteiger partial charge is 0.417 e. The molecule has 20 heavy (non-hydrogen) atoms. The maximum Gasteiger partial charge on any atom is 0.258 e. The molecular weight excluding hydrogens is 254 g/mol. The number of fused-ring (bicyclic) bond motifs is 2. The summed E-state index contributed by atoms with van der Waals surface area (Å²) in [6, 6.07) is 9.77. The average molecular weight is 265 g/mol. The van der Waals surface area contributed by atoms with Crippen molar-refractivity contribution < 1.29 is 4.42 Å². The monoisotopic (exact) mass is 265 g/mol. The van der Waals surface area contributed by atoms with Crippen molar-refractivity contribution in [1.29, 1.82) is 0 Å². The van der Waals surface area contributed by atoms with E-state index in [0.29, 0.717) is 17.4 Å². The molecule has 98 valence electrons. The standard InChI is InChI=1S/C14H11N5O/c1-8-11-13(16-14-18-17-9(2)19(8)14)20-12(15-11)10-6-4-3-5-7-10/h3-7H,1-2H3. The topological polar surface area (TPSA) is 69.1 Å². The minimum atomic E-state index is 0.487. The lowest BCUT2D eigenvalue weighted by Crippen LogP contribution is -1.97. The van der Waals surface area contributed by atoms with Crippen LogP contribution in [-0.2, 0) is 0 Å². The van der Waals surface area contributed by atoms with Crippen molar-refractivity contribution in [3.8, 4) is 11.5 Å². The van der Waals surface area contributed by atoms with E-state index in [1.54, 1.807) is 0 Å². The SMILES string of the molecule is Cc1nnc2nc3oc(-c4ccccc4)nc3c(C)n12. The summed E-state index contributed by atoms with van der Waals surface area (Å²) in [4.78, 5) is 8.91. The van der Waals surface area contributed by atoms with Gasteiger partial charge in [0, 0.05) is 5.56 Å². The van der Waals surface area contributed by atoms with Gasteiger partial charge in [0.1, 0.15) is 11.3 Å². The Kier molecular flexibility index (Phi) is 2.14. The Morgan fingerprint density at radius 3 is 2.60 bits per heavy atom. The molecule has 0 saturated heterocycles. The van der Waals surface area contributed by atoms with Gasteiger partial charge in [0.05, 0.1) is 5.69 Å². The minimum absolute atomic E-state index is 0.487. The molecule has 0 bridgehead atoms. The van der Waals surface area contributed by atoms with E-state index in [0.717, 1.165) is 22.6 Å². The summed E-state index contributed by atoms with van der Waals surface area (Å²) >= 11 is 0. The van der Waals surface area contributed by atoms with E-state index < -0.39 is 0 Å². The lowest BCUT2D eigenvalue weighted by atomic mass is 10.2. The molecule has 0 amide bonds. The molecule has 0 unspecified atom stereocenters. The van der Waals surface area contributed by atoms with Crippen LogP contribution in [0.15, 0.2) is 34.7 Å². The number of hydrogen-bond donors (Lipinski definition) is 0. The fraction of sp³-hybridized carbons (Fsp3) is 0.143. The lowest BCUT2D eigenvalue weighted by molar-refractivity contribution is 0.608. The van der Waals surface area contributed by atoms with Gasteiger partial charge in [-0.2, -0.15) is 4.98 Å². The maximum absolute atomic E-state index is 5.75. The first-order valence-corrected chi connectivity index (χ1v) is 6.28. The van der Waals surface area contributed by atoms with Crippen LogP contribution in [0.2, 0.25) is 0 Å². The highest BCUT2D eigenvalue weighted by Gasteiger charge is 2.16. The second kappa shape index (κ2) is 3.86. The van der Waals surface area contributed by atoms with Gasteiger partial charge in [0.25, 0.3) is 11.5 Å². The quantitative estimate of drug-likeness (QED) is 0.529. The lowest BCUT2D eigenvalue weighted by Gasteiger charge is -1.98. The molecule has 0 aliphatic carbocycles. The summed E-state index contributed by atoms with van der Waals surface area (Å²) < 4.78 is 7.62. The number of aryl methyl sites for hydroxylation is 2. The van der Waals surface area contributed by atoms with Gasteiger partial charge in [-0.15, -0.1) is 10.2 Å². The zero-order valence-corrected chi connectivity index (χ0v) is 11.0. The zero-order chi connectivity index (χ0) is 13.7.